The lowest BCUT2D eigenvalue weighted by Crippen LogP contribution is -2.34. The largest absolute Gasteiger partial charge is 0.282 e. The molecule has 0 spiro atoms. The third-order valence-corrected chi connectivity index (χ3v) is 6.15. The van der Waals surface area contributed by atoms with Crippen LogP contribution in [0.4, 0.5) is 5.69 Å². The van der Waals surface area contributed by atoms with E-state index in [0.29, 0.717) is 5.92 Å². The van der Waals surface area contributed by atoms with Crippen LogP contribution < -0.4 is 5.43 Å². The van der Waals surface area contributed by atoms with Gasteiger partial charge >= 0.3 is 0 Å². The van der Waals surface area contributed by atoms with E-state index in [4.69, 9.17) is 0 Å². The maximum Gasteiger partial charge on any atom is 0.282 e. The standard InChI is InChI=1S/C17H21N3O3/c1-16(2)11-8-9-17(16,3)14(10-11)18-19-15(21)12-6-4-5-7-13(12)20(22)23/h4-7,11H,8-10H2,1-3H3,(H,19,21)/b18-14-/t11-,17+/m1/s1. The van der Waals surface area contributed by atoms with E-state index in [9.17, 15) is 14.9 Å². The lowest BCUT2D eigenvalue weighted by Gasteiger charge is -2.34. The lowest BCUT2D eigenvalue weighted by atomic mass is 9.70. The number of hydrogen-bond donors (Lipinski definition) is 1. The van der Waals surface area contributed by atoms with Gasteiger partial charge in [0, 0.05) is 17.2 Å². The second-order valence-corrected chi connectivity index (χ2v) is 7.27. The first-order valence-electron chi connectivity index (χ1n) is 7.88. The summed E-state index contributed by atoms with van der Waals surface area (Å²) in [6, 6.07) is 5.92. The minimum absolute atomic E-state index is 0.00638. The van der Waals surface area contributed by atoms with E-state index in [-0.39, 0.29) is 22.1 Å². The van der Waals surface area contributed by atoms with Crippen LogP contribution in [-0.2, 0) is 0 Å². The van der Waals surface area contributed by atoms with Crippen molar-refractivity contribution in [1.82, 2.24) is 5.43 Å². The van der Waals surface area contributed by atoms with Crippen LogP contribution in [0.3, 0.4) is 0 Å². The van der Waals surface area contributed by atoms with Crippen LogP contribution in [0.25, 0.3) is 0 Å². The molecule has 0 aliphatic heterocycles. The molecular formula is C17H21N3O3. The average Bonchev–Trinajstić information content (AvgIpc) is 2.85. The van der Waals surface area contributed by atoms with Gasteiger partial charge in [0.2, 0.25) is 0 Å². The summed E-state index contributed by atoms with van der Waals surface area (Å²) in [5, 5.41) is 15.4. The Kier molecular flexibility index (Phi) is 3.50. The van der Waals surface area contributed by atoms with Crippen LogP contribution in [0.1, 0.15) is 50.4 Å². The molecule has 0 aromatic heterocycles. The number of nitrogens with zero attached hydrogens (tertiary/aromatic N) is 2. The van der Waals surface area contributed by atoms with Gasteiger partial charge in [-0.2, -0.15) is 5.10 Å². The Morgan fingerprint density at radius 2 is 2.04 bits per heavy atom. The van der Waals surface area contributed by atoms with Gasteiger partial charge in [0.15, 0.2) is 0 Å². The number of carbonyl (C=O) groups is 1. The number of benzene rings is 1. The van der Waals surface area contributed by atoms with Crippen molar-refractivity contribution in [3.05, 3.63) is 39.9 Å². The number of nitrogens with one attached hydrogen (secondary N) is 1. The summed E-state index contributed by atoms with van der Waals surface area (Å²) in [7, 11) is 0. The molecule has 1 aromatic carbocycles. The van der Waals surface area contributed by atoms with Crippen LogP contribution in [0.2, 0.25) is 0 Å². The molecule has 1 N–H and O–H groups in total. The van der Waals surface area contributed by atoms with Crippen LogP contribution in [0.5, 0.6) is 0 Å². The summed E-state index contributed by atoms with van der Waals surface area (Å²) in [6.07, 6.45) is 3.16. The highest BCUT2D eigenvalue weighted by molar-refractivity contribution is 6.00. The van der Waals surface area contributed by atoms with Crippen molar-refractivity contribution in [2.45, 2.75) is 40.0 Å². The second-order valence-electron chi connectivity index (χ2n) is 7.27. The maximum absolute atomic E-state index is 12.3. The molecule has 1 aromatic rings. The van der Waals surface area contributed by atoms with Gasteiger partial charge in [-0.1, -0.05) is 32.9 Å². The van der Waals surface area contributed by atoms with E-state index >= 15 is 0 Å². The average molecular weight is 315 g/mol. The molecule has 0 unspecified atom stereocenters. The first kappa shape index (κ1) is 15.6. The van der Waals surface area contributed by atoms with Gasteiger partial charge in [0.25, 0.3) is 11.6 Å². The van der Waals surface area contributed by atoms with Gasteiger partial charge in [-0.05, 0) is 36.7 Å². The number of carbonyl (C=O) groups excluding carboxylic acids is 1. The quantitative estimate of drug-likeness (QED) is 0.684. The summed E-state index contributed by atoms with van der Waals surface area (Å²) in [5.74, 6) is 0.0585. The molecule has 2 saturated carbocycles. The normalized spacial score (nSPS) is 29.7. The van der Waals surface area contributed by atoms with Gasteiger partial charge < -0.3 is 0 Å². The first-order chi connectivity index (χ1) is 10.8. The number of nitro groups is 1. The van der Waals surface area contributed by atoms with Gasteiger partial charge in [-0.25, -0.2) is 5.43 Å². The number of rotatable bonds is 3. The molecule has 2 fully saturated rings. The van der Waals surface area contributed by atoms with Crippen LogP contribution in [-0.4, -0.2) is 16.5 Å². The van der Waals surface area contributed by atoms with Crippen molar-refractivity contribution < 1.29 is 9.72 Å². The number of hydrogen-bond acceptors (Lipinski definition) is 4. The number of hydrazone groups is 1. The highest BCUT2D eigenvalue weighted by Gasteiger charge is 2.60. The Morgan fingerprint density at radius 3 is 2.61 bits per heavy atom. The fraction of sp³-hybridized carbons (Fsp3) is 0.529. The Bertz CT molecular complexity index is 711. The van der Waals surface area contributed by atoms with Gasteiger partial charge in [0.05, 0.1) is 4.92 Å². The molecule has 6 nitrogen and oxygen atoms in total. The highest BCUT2D eigenvalue weighted by atomic mass is 16.6. The zero-order chi connectivity index (χ0) is 16.8. The number of fused-ring (bicyclic) bond motifs is 2. The van der Waals surface area contributed by atoms with E-state index in [2.05, 4.69) is 31.3 Å². The zero-order valence-corrected chi connectivity index (χ0v) is 13.6. The maximum atomic E-state index is 12.3. The summed E-state index contributed by atoms with van der Waals surface area (Å²) >= 11 is 0. The summed E-state index contributed by atoms with van der Waals surface area (Å²) in [4.78, 5) is 22.7. The number of amides is 1. The molecule has 1 amide bonds. The molecule has 23 heavy (non-hydrogen) atoms. The molecule has 0 radical (unpaired) electrons. The molecule has 2 bridgehead atoms. The first-order valence-corrected chi connectivity index (χ1v) is 7.88. The third-order valence-electron chi connectivity index (χ3n) is 6.15. The minimum Gasteiger partial charge on any atom is -0.267 e. The van der Waals surface area contributed by atoms with E-state index in [1.54, 1.807) is 12.1 Å². The Morgan fingerprint density at radius 1 is 1.35 bits per heavy atom. The molecule has 3 rings (SSSR count). The number of para-hydroxylation sites is 1. The van der Waals surface area contributed by atoms with E-state index < -0.39 is 10.8 Å². The van der Waals surface area contributed by atoms with E-state index in [1.165, 1.54) is 18.6 Å². The van der Waals surface area contributed by atoms with Crippen molar-refractivity contribution in [2.75, 3.05) is 0 Å². The second kappa shape index (κ2) is 5.15. The molecule has 6 heteroatoms. The van der Waals surface area contributed by atoms with Crippen molar-refractivity contribution in [3.8, 4) is 0 Å². The summed E-state index contributed by atoms with van der Waals surface area (Å²) in [6.45, 7) is 6.73. The minimum atomic E-state index is -0.552. The Hall–Kier alpha value is -2.24. The molecule has 0 saturated heterocycles. The monoisotopic (exact) mass is 315 g/mol. The summed E-state index contributed by atoms with van der Waals surface area (Å²) < 4.78 is 0. The van der Waals surface area contributed by atoms with E-state index in [0.717, 1.165) is 18.6 Å². The SMILES string of the molecule is CC1(C)[C@@H]2CC[C@@]1(C)/C(=N\NC(=O)c1ccccc1[N+](=O)[O-])C2. The summed E-state index contributed by atoms with van der Waals surface area (Å²) in [5.41, 5.74) is 3.54. The zero-order valence-electron chi connectivity index (χ0n) is 13.6. The van der Waals surface area contributed by atoms with Crippen molar-refractivity contribution in [2.24, 2.45) is 21.8 Å². The smallest absolute Gasteiger partial charge is 0.267 e. The molecular weight excluding hydrogens is 294 g/mol. The Labute approximate surface area is 135 Å². The molecule has 2 atom stereocenters. The molecule has 122 valence electrons. The fourth-order valence-corrected chi connectivity index (χ4v) is 4.10. The molecule has 2 aliphatic rings. The molecule has 2 aliphatic carbocycles. The van der Waals surface area contributed by atoms with Crippen LogP contribution in [0.15, 0.2) is 29.4 Å². The number of nitro benzene ring substituents is 1. The van der Waals surface area contributed by atoms with Crippen molar-refractivity contribution in [3.63, 3.8) is 0 Å². The highest BCUT2D eigenvalue weighted by Crippen LogP contribution is 2.63. The van der Waals surface area contributed by atoms with Gasteiger partial charge in [-0.15, -0.1) is 0 Å². The predicted octanol–water partition coefficient (Wildman–Crippen LogP) is 3.53. The predicted molar refractivity (Wildman–Crippen MR) is 87.2 cm³/mol. The van der Waals surface area contributed by atoms with Crippen LogP contribution >= 0.6 is 0 Å². The fourth-order valence-electron chi connectivity index (χ4n) is 4.10. The van der Waals surface area contributed by atoms with Gasteiger partial charge in [0.1, 0.15) is 5.56 Å². The lowest BCUT2D eigenvalue weighted by molar-refractivity contribution is -0.385. The molecule has 0 heterocycles. The van der Waals surface area contributed by atoms with Gasteiger partial charge in [-0.3, -0.25) is 14.9 Å². The third kappa shape index (κ3) is 2.24. The topological polar surface area (TPSA) is 84.6 Å². The van der Waals surface area contributed by atoms with E-state index in [1.807, 2.05) is 0 Å². The Balaban J connectivity index is 1.82. The van der Waals surface area contributed by atoms with Crippen molar-refractivity contribution >= 4 is 17.3 Å². The van der Waals surface area contributed by atoms with Crippen LogP contribution in [0, 0.1) is 26.9 Å². The van der Waals surface area contributed by atoms with Crippen molar-refractivity contribution in [1.29, 1.82) is 0 Å².